The maximum Gasteiger partial charge on any atom is 0.255 e. The summed E-state index contributed by atoms with van der Waals surface area (Å²) in [6.45, 7) is 3.72. The summed E-state index contributed by atoms with van der Waals surface area (Å²) in [5.41, 5.74) is 9.09. The van der Waals surface area contributed by atoms with E-state index < -0.39 is 5.82 Å². The lowest BCUT2D eigenvalue weighted by Gasteiger charge is -2.13. The molecule has 0 aromatic heterocycles. The van der Waals surface area contributed by atoms with Gasteiger partial charge in [-0.25, -0.2) is 4.39 Å². The Labute approximate surface area is 125 Å². The van der Waals surface area contributed by atoms with Gasteiger partial charge in [0.05, 0.1) is 4.47 Å². The Morgan fingerprint density at radius 3 is 2.35 bits per heavy atom. The zero-order valence-electron chi connectivity index (χ0n) is 11.1. The predicted octanol–water partition coefficient (Wildman–Crippen LogP) is 4.04. The van der Waals surface area contributed by atoms with Crippen LogP contribution in [0.15, 0.2) is 34.8 Å². The molecule has 2 rings (SSSR count). The van der Waals surface area contributed by atoms with Gasteiger partial charge in [-0.05, 0) is 71.2 Å². The molecule has 5 heteroatoms. The zero-order valence-corrected chi connectivity index (χ0v) is 12.7. The second kappa shape index (κ2) is 5.63. The summed E-state index contributed by atoms with van der Waals surface area (Å²) in [6.07, 6.45) is 0. The molecule has 0 spiro atoms. The molecule has 0 fully saturated rings. The molecule has 1 amide bonds. The Morgan fingerprint density at radius 1 is 1.20 bits per heavy atom. The van der Waals surface area contributed by atoms with Crippen molar-refractivity contribution in [2.24, 2.45) is 0 Å². The van der Waals surface area contributed by atoms with Gasteiger partial charge >= 0.3 is 0 Å². The Hall–Kier alpha value is -1.88. The van der Waals surface area contributed by atoms with Gasteiger partial charge < -0.3 is 11.1 Å². The summed E-state index contributed by atoms with van der Waals surface area (Å²) in [7, 11) is 0. The van der Waals surface area contributed by atoms with E-state index in [4.69, 9.17) is 5.73 Å². The number of nitrogens with one attached hydrogen (secondary N) is 1. The van der Waals surface area contributed by atoms with Gasteiger partial charge in [-0.3, -0.25) is 4.79 Å². The van der Waals surface area contributed by atoms with Crippen LogP contribution >= 0.6 is 15.9 Å². The van der Waals surface area contributed by atoms with E-state index in [1.165, 1.54) is 12.1 Å². The molecule has 0 radical (unpaired) electrons. The first-order valence-corrected chi connectivity index (χ1v) is 6.81. The first-order valence-electron chi connectivity index (χ1n) is 6.01. The van der Waals surface area contributed by atoms with E-state index in [2.05, 4.69) is 21.2 Å². The number of nitrogen functional groups attached to an aromatic ring is 1. The topological polar surface area (TPSA) is 55.1 Å². The van der Waals surface area contributed by atoms with Crippen molar-refractivity contribution in [2.45, 2.75) is 13.8 Å². The molecule has 0 atom stereocenters. The van der Waals surface area contributed by atoms with Gasteiger partial charge in [0.2, 0.25) is 0 Å². The van der Waals surface area contributed by atoms with Gasteiger partial charge in [0.15, 0.2) is 0 Å². The third-order valence-electron chi connectivity index (χ3n) is 2.98. The molecule has 2 aromatic carbocycles. The molecule has 0 saturated heterocycles. The van der Waals surface area contributed by atoms with Crippen LogP contribution in [0.1, 0.15) is 21.5 Å². The van der Waals surface area contributed by atoms with E-state index in [1.54, 1.807) is 18.2 Å². The van der Waals surface area contributed by atoms with E-state index in [0.717, 1.165) is 11.1 Å². The number of aryl methyl sites for hydroxylation is 2. The van der Waals surface area contributed by atoms with Crippen molar-refractivity contribution >= 4 is 33.2 Å². The largest absolute Gasteiger partial charge is 0.399 e. The fourth-order valence-corrected chi connectivity index (χ4v) is 2.26. The van der Waals surface area contributed by atoms with Crippen molar-refractivity contribution in [2.75, 3.05) is 11.1 Å². The Balaban J connectivity index is 2.30. The van der Waals surface area contributed by atoms with Crippen molar-refractivity contribution in [3.8, 4) is 0 Å². The van der Waals surface area contributed by atoms with Gasteiger partial charge in [0.25, 0.3) is 5.91 Å². The highest BCUT2D eigenvalue weighted by atomic mass is 79.9. The average molecular weight is 337 g/mol. The normalized spacial score (nSPS) is 10.4. The summed E-state index contributed by atoms with van der Waals surface area (Å²) in [6, 6.07) is 7.83. The van der Waals surface area contributed by atoms with Gasteiger partial charge in [-0.2, -0.15) is 0 Å². The third kappa shape index (κ3) is 2.99. The van der Waals surface area contributed by atoms with Crippen molar-refractivity contribution in [1.29, 1.82) is 0 Å². The van der Waals surface area contributed by atoms with Crippen molar-refractivity contribution in [3.63, 3.8) is 0 Å². The molecule has 0 aliphatic carbocycles. The van der Waals surface area contributed by atoms with Crippen LogP contribution in [0.4, 0.5) is 15.8 Å². The molecule has 3 nitrogen and oxygen atoms in total. The molecule has 3 N–H and O–H groups in total. The summed E-state index contributed by atoms with van der Waals surface area (Å²) in [4.78, 5) is 12.1. The molecule has 0 unspecified atom stereocenters. The second-order valence-corrected chi connectivity index (χ2v) is 5.47. The summed E-state index contributed by atoms with van der Waals surface area (Å²) in [5.74, 6) is -0.823. The molecule has 20 heavy (non-hydrogen) atoms. The summed E-state index contributed by atoms with van der Waals surface area (Å²) in [5, 5.41) is 2.79. The van der Waals surface area contributed by atoms with Crippen LogP contribution in [-0.4, -0.2) is 5.91 Å². The standard InChI is InChI=1S/C15H14BrFN2O/c1-8-5-11(18)6-9(2)14(8)19-15(20)10-3-4-12(16)13(17)7-10/h3-7H,18H2,1-2H3,(H,19,20). The average Bonchev–Trinajstić information content (AvgIpc) is 2.36. The lowest BCUT2D eigenvalue weighted by atomic mass is 10.1. The highest BCUT2D eigenvalue weighted by Crippen LogP contribution is 2.24. The van der Waals surface area contributed by atoms with E-state index >= 15 is 0 Å². The quantitative estimate of drug-likeness (QED) is 0.813. The fourth-order valence-electron chi connectivity index (χ4n) is 2.02. The minimum atomic E-state index is -0.469. The van der Waals surface area contributed by atoms with Gasteiger partial charge in [-0.1, -0.05) is 0 Å². The third-order valence-corrected chi connectivity index (χ3v) is 3.62. The van der Waals surface area contributed by atoms with Crippen molar-refractivity contribution < 1.29 is 9.18 Å². The van der Waals surface area contributed by atoms with Gasteiger partial charge in [0, 0.05) is 16.9 Å². The van der Waals surface area contributed by atoms with Gasteiger partial charge in [0.1, 0.15) is 5.82 Å². The first kappa shape index (κ1) is 14.5. The van der Waals surface area contributed by atoms with Crippen LogP contribution in [0, 0.1) is 19.7 Å². The maximum absolute atomic E-state index is 13.4. The number of nitrogens with two attached hydrogens (primary N) is 1. The summed E-state index contributed by atoms with van der Waals surface area (Å²) >= 11 is 3.06. The van der Waals surface area contributed by atoms with Crippen LogP contribution in [0.5, 0.6) is 0 Å². The summed E-state index contributed by atoms with van der Waals surface area (Å²) < 4.78 is 13.8. The maximum atomic E-state index is 13.4. The number of anilines is 2. The minimum absolute atomic E-state index is 0.265. The number of hydrogen-bond donors (Lipinski definition) is 2. The lowest BCUT2D eigenvalue weighted by molar-refractivity contribution is 0.102. The number of amides is 1. The van der Waals surface area contributed by atoms with Crippen LogP contribution in [-0.2, 0) is 0 Å². The molecule has 104 valence electrons. The number of halogens is 2. The molecule has 2 aromatic rings. The van der Waals surface area contributed by atoms with Crippen LogP contribution < -0.4 is 11.1 Å². The highest BCUT2D eigenvalue weighted by Gasteiger charge is 2.12. The van der Waals surface area contributed by atoms with E-state index in [0.29, 0.717) is 15.8 Å². The number of hydrogen-bond acceptors (Lipinski definition) is 2. The number of carbonyl (C=O) groups excluding carboxylic acids is 1. The smallest absolute Gasteiger partial charge is 0.255 e. The molecule has 0 aliphatic heterocycles. The number of benzene rings is 2. The Kier molecular flexibility index (Phi) is 4.09. The Morgan fingerprint density at radius 2 is 1.80 bits per heavy atom. The zero-order chi connectivity index (χ0) is 14.9. The fraction of sp³-hybridized carbons (Fsp3) is 0.133. The molecule has 0 aliphatic rings. The molecular weight excluding hydrogens is 323 g/mol. The van der Waals surface area contributed by atoms with Crippen LogP contribution in [0.2, 0.25) is 0 Å². The molecular formula is C15H14BrFN2O. The minimum Gasteiger partial charge on any atom is -0.399 e. The van der Waals surface area contributed by atoms with Crippen molar-refractivity contribution in [1.82, 2.24) is 0 Å². The number of carbonyl (C=O) groups is 1. The SMILES string of the molecule is Cc1cc(N)cc(C)c1NC(=O)c1ccc(Br)c(F)c1. The molecule has 0 saturated carbocycles. The van der Waals surface area contributed by atoms with Crippen molar-refractivity contribution in [3.05, 3.63) is 57.3 Å². The second-order valence-electron chi connectivity index (χ2n) is 4.61. The first-order chi connectivity index (χ1) is 9.38. The Bertz CT molecular complexity index is 663. The van der Waals surface area contributed by atoms with Crippen LogP contribution in [0.3, 0.4) is 0 Å². The number of rotatable bonds is 2. The monoisotopic (exact) mass is 336 g/mol. The van der Waals surface area contributed by atoms with Crippen LogP contribution in [0.25, 0.3) is 0 Å². The molecule has 0 bridgehead atoms. The van der Waals surface area contributed by atoms with E-state index in [9.17, 15) is 9.18 Å². The van der Waals surface area contributed by atoms with Gasteiger partial charge in [-0.15, -0.1) is 0 Å². The predicted molar refractivity (Wildman–Crippen MR) is 82.4 cm³/mol. The van der Waals surface area contributed by atoms with E-state index in [-0.39, 0.29) is 11.5 Å². The van der Waals surface area contributed by atoms with E-state index in [1.807, 2.05) is 13.8 Å². The lowest BCUT2D eigenvalue weighted by Crippen LogP contribution is -2.14. The molecule has 0 heterocycles. The highest BCUT2D eigenvalue weighted by molar-refractivity contribution is 9.10.